The first-order valence-electron chi connectivity index (χ1n) is 9.61. The molecule has 3 rings (SSSR count). The summed E-state index contributed by atoms with van der Waals surface area (Å²) in [5, 5.41) is 3.39. The molecular weight excluding hydrogens is 350 g/mol. The van der Waals surface area contributed by atoms with Gasteiger partial charge >= 0.3 is 0 Å². The van der Waals surface area contributed by atoms with Gasteiger partial charge in [0.1, 0.15) is 23.9 Å². The van der Waals surface area contributed by atoms with Crippen molar-refractivity contribution in [3.8, 4) is 17.2 Å². The Labute approximate surface area is 167 Å². The highest BCUT2D eigenvalue weighted by atomic mass is 16.5. The van der Waals surface area contributed by atoms with Gasteiger partial charge in [0.25, 0.3) is 0 Å². The highest BCUT2D eigenvalue weighted by Gasteiger charge is 2.03. The number of hydrogen-bond acceptors (Lipinski definition) is 4. The fourth-order valence-corrected chi connectivity index (χ4v) is 2.87. The largest absolute Gasteiger partial charge is 0.497 e. The predicted octanol–water partition coefficient (Wildman–Crippen LogP) is 5.20. The lowest BCUT2D eigenvalue weighted by atomic mass is 10.1. The van der Waals surface area contributed by atoms with Crippen molar-refractivity contribution < 1.29 is 14.2 Å². The zero-order chi connectivity index (χ0) is 19.4. The van der Waals surface area contributed by atoms with E-state index in [9.17, 15) is 0 Å². The monoisotopic (exact) mass is 377 g/mol. The molecule has 0 spiro atoms. The van der Waals surface area contributed by atoms with Gasteiger partial charge in [-0.05, 0) is 54.8 Å². The molecule has 4 heteroatoms. The first-order chi connectivity index (χ1) is 13.8. The average Bonchev–Trinajstić information content (AvgIpc) is 2.76. The normalized spacial score (nSPS) is 10.3. The summed E-state index contributed by atoms with van der Waals surface area (Å²) in [5.41, 5.74) is 2.33. The van der Waals surface area contributed by atoms with Crippen LogP contribution in [-0.4, -0.2) is 26.9 Å². The number of anilines is 1. The number of benzene rings is 3. The third-order valence-corrected chi connectivity index (χ3v) is 4.34. The van der Waals surface area contributed by atoms with E-state index in [-0.39, 0.29) is 0 Å². The van der Waals surface area contributed by atoms with Crippen LogP contribution in [0, 0.1) is 0 Å². The lowest BCUT2D eigenvalue weighted by molar-refractivity contribution is 0.311. The van der Waals surface area contributed by atoms with Gasteiger partial charge in [-0.2, -0.15) is 0 Å². The van der Waals surface area contributed by atoms with E-state index in [0.29, 0.717) is 19.8 Å². The van der Waals surface area contributed by atoms with Gasteiger partial charge in [0.2, 0.25) is 0 Å². The maximum atomic E-state index is 5.98. The minimum Gasteiger partial charge on any atom is -0.497 e. The molecule has 0 aliphatic carbocycles. The van der Waals surface area contributed by atoms with Crippen molar-refractivity contribution in [1.82, 2.24) is 0 Å². The Morgan fingerprint density at radius 3 is 2.21 bits per heavy atom. The van der Waals surface area contributed by atoms with Gasteiger partial charge < -0.3 is 19.5 Å². The smallest absolute Gasteiger partial charge is 0.142 e. The summed E-state index contributed by atoms with van der Waals surface area (Å²) in [6.07, 6.45) is 2.01. The van der Waals surface area contributed by atoms with Crippen molar-refractivity contribution in [1.29, 1.82) is 0 Å². The summed E-state index contributed by atoms with van der Waals surface area (Å²) < 4.78 is 16.9. The summed E-state index contributed by atoms with van der Waals surface area (Å²) in [6, 6.07) is 26.1. The van der Waals surface area contributed by atoms with E-state index < -0.39 is 0 Å². The number of ether oxygens (including phenoxy) is 3. The minimum atomic E-state index is 0.564. The standard InChI is InChI=1S/C24H27NO3/c1-26-21-13-15-22(16-14-21)27-19-17-25-23-11-5-6-12-24(23)28-18-7-10-20-8-3-2-4-9-20/h2-6,8-9,11-16,25H,7,10,17-19H2,1H3. The number of hydrogen-bond donors (Lipinski definition) is 1. The summed E-state index contributed by atoms with van der Waals surface area (Å²) >= 11 is 0. The van der Waals surface area contributed by atoms with Crippen LogP contribution in [-0.2, 0) is 6.42 Å². The van der Waals surface area contributed by atoms with Gasteiger partial charge in [-0.3, -0.25) is 0 Å². The van der Waals surface area contributed by atoms with E-state index in [1.165, 1.54) is 5.56 Å². The van der Waals surface area contributed by atoms with Crippen molar-refractivity contribution in [2.45, 2.75) is 12.8 Å². The summed E-state index contributed by atoms with van der Waals surface area (Å²) in [7, 11) is 1.65. The summed E-state index contributed by atoms with van der Waals surface area (Å²) in [5.74, 6) is 2.52. The van der Waals surface area contributed by atoms with Crippen LogP contribution < -0.4 is 19.5 Å². The Bertz CT molecular complexity index is 819. The Morgan fingerprint density at radius 2 is 1.43 bits per heavy atom. The first kappa shape index (κ1) is 19.6. The van der Waals surface area contributed by atoms with Crippen LogP contribution in [0.2, 0.25) is 0 Å². The molecule has 0 saturated carbocycles. The lowest BCUT2D eigenvalue weighted by Crippen LogP contribution is -2.12. The lowest BCUT2D eigenvalue weighted by Gasteiger charge is -2.14. The molecule has 0 saturated heterocycles. The van der Waals surface area contributed by atoms with Gasteiger partial charge in [-0.1, -0.05) is 42.5 Å². The predicted molar refractivity (Wildman–Crippen MR) is 114 cm³/mol. The van der Waals surface area contributed by atoms with Crippen LogP contribution in [0.4, 0.5) is 5.69 Å². The SMILES string of the molecule is COc1ccc(OCCNc2ccccc2OCCCc2ccccc2)cc1. The van der Waals surface area contributed by atoms with Crippen molar-refractivity contribution in [2.24, 2.45) is 0 Å². The third kappa shape index (κ3) is 6.23. The van der Waals surface area contributed by atoms with E-state index in [1.807, 2.05) is 54.6 Å². The highest BCUT2D eigenvalue weighted by Crippen LogP contribution is 2.24. The molecule has 0 aliphatic heterocycles. The van der Waals surface area contributed by atoms with Crippen LogP contribution in [0.25, 0.3) is 0 Å². The molecule has 1 N–H and O–H groups in total. The van der Waals surface area contributed by atoms with Gasteiger partial charge in [-0.15, -0.1) is 0 Å². The van der Waals surface area contributed by atoms with Gasteiger partial charge in [0.15, 0.2) is 0 Å². The molecule has 28 heavy (non-hydrogen) atoms. The van der Waals surface area contributed by atoms with Crippen molar-refractivity contribution in [2.75, 3.05) is 32.2 Å². The first-order valence-corrected chi connectivity index (χ1v) is 9.61. The molecule has 4 nitrogen and oxygen atoms in total. The Kier molecular flexibility index (Phi) is 7.62. The van der Waals surface area contributed by atoms with Crippen LogP contribution in [0.1, 0.15) is 12.0 Å². The minimum absolute atomic E-state index is 0.564. The van der Waals surface area contributed by atoms with E-state index in [2.05, 4.69) is 29.6 Å². The van der Waals surface area contributed by atoms with E-state index >= 15 is 0 Å². The zero-order valence-electron chi connectivity index (χ0n) is 16.3. The number of nitrogens with one attached hydrogen (secondary N) is 1. The molecule has 0 aromatic heterocycles. The van der Waals surface area contributed by atoms with Crippen molar-refractivity contribution >= 4 is 5.69 Å². The molecule has 0 atom stereocenters. The van der Waals surface area contributed by atoms with Gasteiger partial charge in [-0.25, -0.2) is 0 Å². The topological polar surface area (TPSA) is 39.7 Å². The number of aryl methyl sites for hydroxylation is 1. The Morgan fingerprint density at radius 1 is 0.714 bits per heavy atom. The highest BCUT2D eigenvalue weighted by molar-refractivity contribution is 5.56. The van der Waals surface area contributed by atoms with Gasteiger partial charge in [0, 0.05) is 6.54 Å². The maximum Gasteiger partial charge on any atom is 0.142 e. The fraction of sp³-hybridized carbons (Fsp3) is 0.250. The third-order valence-electron chi connectivity index (χ3n) is 4.34. The van der Waals surface area contributed by atoms with Crippen LogP contribution in [0.15, 0.2) is 78.9 Å². The number of para-hydroxylation sites is 2. The van der Waals surface area contributed by atoms with Crippen LogP contribution >= 0.6 is 0 Å². The van der Waals surface area contributed by atoms with E-state index in [0.717, 1.165) is 35.8 Å². The number of methoxy groups -OCH3 is 1. The average molecular weight is 377 g/mol. The number of rotatable bonds is 11. The van der Waals surface area contributed by atoms with E-state index in [4.69, 9.17) is 14.2 Å². The second-order valence-electron chi connectivity index (χ2n) is 6.38. The summed E-state index contributed by atoms with van der Waals surface area (Å²) in [4.78, 5) is 0. The molecule has 3 aromatic rings. The van der Waals surface area contributed by atoms with Gasteiger partial charge in [0.05, 0.1) is 19.4 Å². The molecule has 0 fully saturated rings. The molecular formula is C24H27NO3. The van der Waals surface area contributed by atoms with E-state index in [1.54, 1.807) is 7.11 Å². The fourth-order valence-electron chi connectivity index (χ4n) is 2.87. The Balaban J connectivity index is 1.40. The second kappa shape index (κ2) is 10.9. The van der Waals surface area contributed by atoms with Crippen LogP contribution in [0.5, 0.6) is 17.2 Å². The quantitative estimate of drug-likeness (QED) is 0.466. The molecule has 0 aliphatic rings. The Hall–Kier alpha value is -3.14. The molecule has 0 amide bonds. The van der Waals surface area contributed by atoms with Crippen molar-refractivity contribution in [3.05, 3.63) is 84.4 Å². The molecule has 0 radical (unpaired) electrons. The molecule has 3 aromatic carbocycles. The molecule has 0 heterocycles. The zero-order valence-corrected chi connectivity index (χ0v) is 16.3. The summed E-state index contributed by atoms with van der Waals surface area (Å²) in [6.45, 7) is 1.95. The molecule has 0 unspecified atom stereocenters. The molecule has 0 bridgehead atoms. The van der Waals surface area contributed by atoms with Crippen LogP contribution in [0.3, 0.4) is 0 Å². The maximum absolute atomic E-state index is 5.98. The molecule has 146 valence electrons. The van der Waals surface area contributed by atoms with Crippen molar-refractivity contribution in [3.63, 3.8) is 0 Å². The second-order valence-corrected chi connectivity index (χ2v) is 6.38.